The van der Waals surface area contributed by atoms with E-state index in [1.165, 1.54) is 0 Å². The second kappa shape index (κ2) is 13.6. The van der Waals surface area contributed by atoms with Crippen LogP contribution in [-0.4, -0.2) is 64.0 Å². The van der Waals surface area contributed by atoms with Gasteiger partial charge < -0.3 is 30.6 Å². The van der Waals surface area contributed by atoms with Crippen LogP contribution in [0.2, 0.25) is 0 Å². The van der Waals surface area contributed by atoms with Gasteiger partial charge >= 0.3 is 6.09 Å². The molecule has 9 heteroatoms. The number of carbonyl (C=O) groups is 3. The highest BCUT2D eigenvalue weighted by atomic mass is 16.5. The van der Waals surface area contributed by atoms with Gasteiger partial charge in [-0.1, -0.05) is 26.0 Å². The van der Waals surface area contributed by atoms with Gasteiger partial charge in [0.15, 0.2) is 0 Å². The van der Waals surface area contributed by atoms with Crippen LogP contribution >= 0.6 is 0 Å². The maximum Gasteiger partial charge on any atom is 0.404 e. The van der Waals surface area contributed by atoms with Crippen molar-refractivity contribution in [2.45, 2.75) is 32.6 Å². The second-order valence-corrected chi connectivity index (χ2v) is 8.52. The van der Waals surface area contributed by atoms with Crippen LogP contribution in [0.4, 0.5) is 4.79 Å². The predicted octanol–water partition coefficient (Wildman–Crippen LogP) is 3.21. The Kier molecular flexibility index (Phi) is 10.3. The molecule has 2 aromatic rings. The molecular formula is C27H35N3O6. The largest absolute Gasteiger partial charge is 0.449 e. The average Bonchev–Trinajstić information content (AvgIpc) is 3.19. The van der Waals surface area contributed by atoms with Gasteiger partial charge in [-0.25, -0.2) is 4.79 Å². The standard InChI is InChI=1S/C27H35N3O6/c1-3-11-34-13-9-29-25(31)18-5-7-20-21-8-6-19(26(32)30-10-14-35-12-4-2)16-23(21)24(22(20)15-18)17-36-27(28)33/h5-8,15-16,24H,3-4,9-14,17H2,1-2H3,(H2,28,33)(H,29,31)(H,30,32). The Bertz CT molecular complexity index is 996. The van der Waals surface area contributed by atoms with Crippen LogP contribution in [0.1, 0.15) is 64.4 Å². The van der Waals surface area contributed by atoms with E-state index in [9.17, 15) is 14.4 Å². The molecule has 0 heterocycles. The minimum absolute atomic E-state index is 0.00118. The Labute approximate surface area is 211 Å². The Hall–Kier alpha value is -3.43. The summed E-state index contributed by atoms with van der Waals surface area (Å²) >= 11 is 0. The highest BCUT2D eigenvalue weighted by Gasteiger charge is 2.31. The molecule has 1 aliphatic rings. The SMILES string of the molecule is CCCOCCNC(=O)c1ccc2c(c1)C(COC(N)=O)c1cc(C(=O)NCCOCCC)ccc1-2. The lowest BCUT2D eigenvalue weighted by molar-refractivity contribution is 0.0909. The van der Waals surface area contributed by atoms with Crippen molar-refractivity contribution in [2.75, 3.05) is 46.1 Å². The van der Waals surface area contributed by atoms with Crippen molar-refractivity contribution < 1.29 is 28.6 Å². The summed E-state index contributed by atoms with van der Waals surface area (Å²) in [6, 6.07) is 10.9. The lowest BCUT2D eigenvalue weighted by atomic mass is 9.95. The average molecular weight is 498 g/mol. The molecule has 2 aromatic carbocycles. The van der Waals surface area contributed by atoms with Crippen LogP contribution < -0.4 is 16.4 Å². The molecule has 9 nitrogen and oxygen atoms in total. The van der Waals surface area contributed by atoms with E-state index in [4.69, 9.17) is 19.9 Å². The number of carbonyl (C=O) groups excluding carboxylic acids is 3. The van der Waals surface area contributed by atoms with E-state index in [2.05, 4.69) is 10.6 Å². The molecule has 0 saturated carbocycles. The van der Waals surface area contributed by atoms with E-state index >= 15 is 0 Å². The fraction of sp³-hybridized carbons (Fsp3) is 0.444. The number of ether oxygens (including phenoxy) is 3. The molecular weight excluding hydrogens is 462 g/mol. The van der Waals surface area contributed by atoms with Crippen molar-refractivity contribution in [1.82, 2.24) is 10.6 Å². The fourth-order valence-corrected chi connectivity index (χ4v) is 4.16. The lowest BCUT2D eigenvalue weighted by Gasteiger charge is -2.15. The summed E-state index contributed by atoms with van der Waals surface area (Å²) in [5.41, 5.74) is 9.74. The molecule has 3 amide bonds. The Morgan fingerprint density at radius 2 is 1.25 bits per heavy atom. The highest BCUT2D eigenvalue weighted by molar-refractivity contribution is 5.98. The van der Waals surface area contributed by atoms with E-state index in [1.807, 2.05) is 26.0 Å². The van der Waals surface area contributed by atoms with Gasteiger partial charge in [0.25, 0.3) is 11.8 Å². The number of hydrogen-bond donors (Lipinski definition) is 3. The third kappa shape index (κ3) is 7.05. The first-order valence-electron chi connectivity index (χ1n) is 12.4. The first-order chi connectivity index (χ1) is 17.5. The minimum Gasteiger partial charge on any atom is -0.449 e. The second-order valence-electron chi connectivity index (χ2n) is 8.52. The van der Waals surface area contributed by atoms with Crippen molar-refractivity contribution in [3.8, 4) is 11.1 Å². The van der Waals surface area contributed by atoms with Crippen molar-refractivity contribution in [3.05, 3.63) is 58.7 Å². The molecule has 3 rings (SSSR count). The first kappa shape index (κ1) is 27.2. The zero-order valence-electron chi connectivity index (χ0n) is 20.9. The van der Waals surface area contributed by atoms with E-state index in [1.54, 1.807) is 24.3 Å². The van der Waals surface area contributed by atoms with Gasteiger partial charge in [-0.05, 0) is 59.4 Å². The smallest absolute Gasteiger partial charge is 0.404 e. The highest BCUT2D eigenvalue weighted by Crippen LogP contribution is 2.45. The first-order valence-corrected chi connectivity index (χ1v) is 12.4. The van der Waals surface area contributed by atoms with E-state index in [0.717, 1.165) is 35.1 Å². The number of benzene rings is 2. The third-order valence-electron chi connectivity index (χ3n) is 5.82. The minimum atomic E-state index is -0.882. The van der Waals surface area contributed by atoms with E-state index in [0.29, 0.717) is 50.6 Å². The van der Waals surface area contributed by atoms with Gasteiger partial charge in [0.05, 0.1) is 13.2 Å². The Morgan fingerprint density at radius 3 is 1.67 bits per heavy atom. The number of rotatable bonds is 14. The lowest BCUT2D eigenvalue weighted by Crippen LogP contribution is -2.27. The van der Waals surface area contributed by atoms with Crippen molar-refractivity contribution in [3.63, 3.8) is 0 Å². The number of primary amides is 1. The summed E-state index contributed by atoms with van der Waals surface area (Å²) in [6.45, 7) is 7.07. The quantitative estimate of drug-likeness (QED) is 0.344. The summed E-state index contributed by atoms with van der Waals surface area (Å²) in [7, 11) is 0. The van der Waals surface area contributed by atoms with Crippen molar-refractivity contribution >= 4 is 17.9 Å². The molecule has 0 bridgehead atoms. The van der Waals surface area contributed by atoms with Gasteiger partial charge in [-0.3, -0.25) is 9.59 Å². The summed E-state index contributed by atoms with van der Waals surface area (Å²) in [5, 5.41) is 5.72. The molecule has 0 unspecified atom stereocenters. The van der Waals surface area contributed by atoms with E-state index < -0.39 is 6.09 Å². The molecule has 0 radical (unpaired) electrons. The zero-order valence-corrected chi connectivity index (χ0v) is 20.9. The van der Waals surface area contributed by atoms with Crippen molar-refractivity contribution in [1.29, 1.82) is 0 Å². The van der Waals surface area contributed by atoms with Gasteiger partial charge in [0.2, 0.25) is 0 Å². The molecule has 4 N–H and O–H groups in total. The van der Waals surface area contributed by atoms with Crippen LogP contribution in [0.25, 0.3) is 11.1 Å². The Morgan fingerprint density at radius 1 is 0.778 bits per heavy atom. The fourth-order valence-electron chi connectivity index (χ4n) is 4.16. The van der Waals surface area contributed by atoms with E-state index in [-0.39, 0.29) is 24.3 Å². The van der Waals surface area contributed by atoms with Gasteiger partial charge in [-0.2, -0.15) is 0 Å². The normalized spacial score (nSPS) is 12.1. The summed E-state index contributed by atoms with van der Waals surface area (Å²) in [6.07, 6.45) is 0.960. The maximum atomic E-state index is 12.7. The van der Waals surface area contributed by atoms with Crippen LogP contribution in [0.3, 0.4) is 0 Å². The molecule has 0 spiro atoms. The molecule has 0 atom stereocenters. The van der Waals surface area contributed by atoms with Crippen LogP contribution in [0.5, 0.6) is 0 Å². The number of fused-ring (bicyclic) bond motifs is 3. The van der Waals surface area contributed by atoms with Gasteiger partial charge in [-0.15, -0.1) is 0 Å². The predicted molar refractivity (Wildman–Crippen MR) is 136 cm³/mol. The zero-order chi connectivity index (χ0) is 25.9. The summed E-state index contributed by atoms with van der Waals surface area (Å²) in [5.74, 6) is -0.786. The molecule has 0 aromatic heterocycles. The number of amides is 3. The monoisotopic (exact) mass is 497 g/mol. The third-order valence-corrected chi connectivity index (χ3v) is 5.82. The maximum absolute atomic E-state index is 12.7. The Balaban J connectivity index is 1.78. The number of nitrogens with two attached hydrogens (primary N) is 1. The molecule has 194 valence electrons. The topological polar surface area (TPSA) is 129 Å². The number of hydrogen-bond acceptors (Lipinski definition) is 6. The van der Waals surface area contributed by atoms with Crippen LogP contribution in [-0.2, 0) is 14.2 Å². The molecule has 36 heavy (non-hydrogen) atoms. The van der Waals surface area contributed by atoms with Crippen LogP contribution in [0, 0.1) is 0 Å². The summed E-state index contributed by atoms with van der Waals surface area (Å²) < 4.78 is 16.0. The molecule has 0 saturated heterocycles. The van der Waals surface area contributed by atoms with Gasteiger partial charge in [0, 0.05) is 43.3 Å². The molecule has 0 aliphatic heterocycles. The molecule has 1 aliphatic carbocycles. The van der Waals surface area contributed by atoms with Gasteiger partial charge in [0.1, 0.15) is 6.61 Å². The summed E-state index contributed by atoms with van der Waals surface area (Å²) in [4.78, 5) is 36.8. The van der Waals surface area contributed by atoms with Crippen molar-refractivity contribution in [2.24, 2.45) is 5.73 Å². The molecule has 0 fully saturated rings. The number of nitrogens with one attached hydrogen (secondary N) is 2. The van der Waals surface area contributed by atoms with Crippen LogP contribution in [0.15, 0.2) is 36.4 Å².